The molecule has 3 atom stereocenters. The molecule has 2 heterocycles. The van der Waals surface area contributed by atoms with Gasteiger partial charge in [-0.05, 0) is 55.6 Å². The lowest BCUT2D eigenvalue weighted by Crippen LogP contribution is -2.39. The number of methoxy groups -OCH3 is 1. The molecule has 1 aromatic carbocycles. The molecule has 21 heavy (non-hydrogen) atoms. The quantitative estimate of drug-likeness (QED) is 0.911. The molecular formula is C15H22N2O3S. The van der Waals surface area contributed by atoms with E-state index >= 15 is 0 Å². The van der Waals surface area contributed by atoms with E-state index < -0.39 is 10.0 Å². The summed E-state index contributed by atoms with van der Waals surface area (Å²) < 4.78 is 32.6. The summed E-state index contributed by atoms with van der Waals surface area (Å²) in [6, 6.07) is 6.77. The standard InChI is InChI=1S/C15H22N2O3S/c1-3-15-14-9-16-8-11(14)10-17(15)21(18,19)13-6-4-12(20-2)5-7-13/h4-7,11,14-16H,3,8-10H2,1-2H3. The minimum absolute atomic E-state index is 0.108. The first-order valence-electron chi connectivity index (χ1n) is 7.44. The molecule has 2 saturated heterocycles. The van der Waals surface area contributed by atoms with Crippen molar-refractivity contribution in [2.24, 2.45) is 11.8 Å². The summed E-state index contributed by atoms with van der Waals surface area (Å²) in [6.45, 7) is 4.56. The molecule has 0 amide bonds. The van der Waals surface area contributed by atoms with Crippen LogP contribution in [0.1, 0.15) is 13.3 Å². The van der Waals surface area contributed by atoms with Gasteiger partial charge in [0, 0.05) is 12.6 Å². The maximum atomic E-state index is 12.9. The summed E-state index contributed by atoms with van der Waals surface area (Å²) in [5.41, 5.74) is 0. The highest BCUT2D eigenvalue weighted by Crippen LogP contribution is 2.37. The van der Waals surface area contributed by atoms with Gasteiger partial charge in [0.05, 0.1) is 12.0 Å². The second-order valence-corrected chi connectivity index (χ2v) is 7.70. The molecule has 1 aromatic rings. The van der Waals surface area contributed by atoms with Crippen LogP contribution in [0.15, 0.2) is 29.2 Å². The van der Waals surface area contributed by atoms with E-state index in [1.807, 2.05) is 0 Å². The molecule has 3 unspecified atom stereocenters. The number of ether oxygens (including phenoxy) is 1. The minimum atomic E-state index is -3.42. The monoisotopic (exact) mass is 310 g/mol. The van der Waals surface area contributed by atoms with Gasteiger partial charge in [0.15, 0.2) is 0 Å². The summed E-state index contributed by atoms with van der Waals surface area (Å²) in [7, 11) is -1.84. The number of fused-ring (bicyclic) bond motifs is 1. The Kier molecular flexibility index (Phi) is 3.94. The van der Waals surface area contributed by atoms with Gasteiger partial charge in [-0.15, -0.1) is 0 Å². The lowest BCUT2D eigenvalue weighted by atomic mass is 9.93. The second-order valence-electron chi connectivity index (χ2n) is 5.81. The Morgan fingerprint density at radius 1 is 1.29 bits per heavy atom. The van der Waals surface area contributed by atoms with Gasteiger partial charge < -0.3 is 10.1 Å². The van der Waals surface area contributed by atoms with E-state index in [0.29, 0.717) is 29.0 Å². The third-order valence-electron chi connectivity index (χ3n) is 4.75. The minimum Gasteiger partial charge on any atom is -0.497 e. The summed E-state index contributed by atoms with van der Waals surface area (Å²) in [5, 5.41) is 3.38. The lowest BCUT2D eigenvalue weighted by Gasteiger charge is -2.26. The lowest BCUT2D eigenvalue weighted by molar-refractivity contribution is 0.329. The molecule has 5 nitrogen and oxygen atoms in total. The number of rotatable bonds is 4. The predicted molar refractivity (Wildman–Crippen MR) is 80.8 cm³/mol. The summed E-state index contributed by atoms with van der Waals surface area (Å²) in [5.74, 6) is 1.56. The van der Waals surface area contributed by atoms with E-state index in [1.165, 1.54) is 0 Å². The van der Waals surface area contributed by atoms with E-state index in [9.17, 15) is 8.42 Å². The Morgan fingerprint density at radius 2 is 2.00 bits per heavy atom. The third-order valence-corrected chi connectivity index (χ3v) is 6.66. The van der Waals surface area contributed by atoms with Gasteiger partial charge in [-0.1, -0.05) is 6.92 Å². The maximum Gasteiger partial charge on any atom is 0.243 e. The normalized spacial score (nSPS) is 29.5. The largest absolute Gasteiger partial charge is 0.497 e. The highest BCUT2D eigenvalue weighted by Gasteiger charge is 2.48. The van der Waals surface area contributed by atoms with Crippen LogP contribution in [0.5, 0.6) is 5.75 Å². The fraction of sp³-hybridized carbons (Fsp3) is 0.600. The molecule has 0 radical (unpaired) electrons. The average Bonchev–Trinajstić information content (AvgIpc) is 3.07. The van der Waals surface area contributed by atoms with Crippen LogP contribution in [0.4, 0.5) is 0 Å². The van der Waals surface area contributed by atoms with Crippen molar-refractivity contribution in [1.29, 1.82) is 0 Å². The molecule has 0 aromatic heterocycles. The van der Waals surface area contributed by atoms with Gasteiger partial charge in [0.1, 0.15) is 5.75 Å². The van der Waals surface area contributed by atoms with Crippen molar-refractivity contribution in [3.8, 4) is 5.75 Å². The van der Waals surface area contributed by atoms with Gasteiger partial charge in [-0.3, -0.25) is 0 Å². The number of hydrogen-bond donors (Lipinski definition) is 1. The van der Waals surface area contributed by atoms with Crippen molar-refractivity contribution in [1.82, 2.24) is 9.62 Å². The molecule has 0 spiro atoms. The van der Waals surface area contributed by atoms with E-state index in [0.717, 1.165) is 19.5 Å². The van der Waals surface area contributed by atoms with Crippen LogP contribution in [0, 0.1) is 11.8 Å². The molecule has 0 bridgehead atoms. The number of nitrogens with zero attached hydrogens (tertiary/aromatic N) is 1. The van der Waals surface area contributed by atoms with Crippen molar-refractivity contribution in [2.75, 3.05) is 26.7 Å². The Hall–Kier alpha value is -1.11. The number of hydrogen-bond acceptors (Lipinski definition) is 4. The van der Waals surface area contributed by atoms with Gasteiger partial charge in [0.2, 0.25) is 10.0 Å². The first-order chi connectivity index (χ1) is 10.1. The van der Waals surface area contributed by atoms with Crippen molar-refractivity contribution >= 4 is 10.0 Å². The van der Waals surface area contributed by atoms with Crippen LogP contribution in [-0.4, -0.2) is 45.5 Å². The summed E-state index contributed by atoms with van der Waals surface area (Å²) in [4.78, 5) is 0.356. The fourth-order valence-electron chi connectivity index (χ4n) is 3.65. The predicted octanol–water partition coefficient (Wildman–Crippen LogP) is 1.31. The average molecular weight is 310 g/mol. The maximum absolute atomic E-state index is 12.9. The molecule has 2 aliphatic heterocycles. The van der Waals surface area contributed by atoms with Crippen molar-refractivity contribution in [3.63, 3.8) is 0 Å². The zero-order valence-corrected chi connectivity index (χ0v) is 13.3. The molecule has 2 fully saturated rings. The highest BCUT2D eigenvalue weighted by atomic mass is 32.2. The Morgan fingerprint density at radius 3 is 2.62 bits per heavy atom. The topological polar surface area (TPSA) is 58.6 Å². The van der Waals surface area contributed by atoms with E-state index in [1.54, 1.807) is 35.7 Å². The Balaban J connectivity index is 1.90. The van der Waals surface area contributed by atoms with E-state index in [-0.39, 0.29) is 6.04 Å². The molecule has 116 valence electrons. The van der Waals surface area contributed by atoms with E-state index in [4.69, 9.17) is 4.74 Å². The first kappa shape index (κ1) is 14.8. The number of sulfonamides is 1. The Bertz CT molecular complexity index is 600. The fourth-order valence-corrected chi connectivity index (χ4v) is 5.45. The van der Waals surface area contributed by atoms with Crippen LogP contribution < -0.4 is 10.1 Å². The smallest absolute Gasteiger partial charge is 0.243 e. The molecule has 0 saturated carbocycles. The van der Waals surface area contributed by atoms with Crippen LogP contribution in [-0.2, 0) is 10.0 Å². The van der Waals surface area contributed by atoms with Crippen LogP contribution in [0.25, 0.3) is 0 Å². The van der Waals surface area contributed by atoms with Crippen molar-refractivity contribution in [2.45, 2.75) is 24.3 Å². The number of nitrogens with one attached hydrogen (secondary N) is 1. The molecule has 1 N–H and O–H groups in total. The first-order valence-corrected chi connectivity index (χ1v) is 8.88. The molecule has 3 rings (SSSR count). The molecule has 0 aliphatic carbocycles. The van der Waals surface area contributed by atoms with Crippen LogP contribution in [0.2, 0.25) is 0 Å². The Labute approximate surface area is 126 Å². The van der Waals surface area contributed by atoms with Crippen molar-refractivity contribution < 1.29 is 13.2 Å². The number of benzene rings is 1. The third kappa shape index (κ3) is 2.45. The molecule has 2 aliphatic rings. The van der Waals surface area contributed by atoms with Gasteiger partial charge in [-0.25, -0.2) is 8.42 Å². The van der Waals surface area contributed by atoms with E-state index in [2.05, 4.69) is 12.2 Å². The zero-order valence-electron chi connectivity index (χ0n) is 12.5. The summed E-state index contributed by atoms with van der Waals surface area (Å²) >= 11 is 0. The summed E-state index contributed by atoms with van der Waals surface area (Å²) in [6.07, 6.45) is 0.859. The zero-order chi connectivity index (χ0) is 15.0. The van der Waals surface area contributed by atoms with Crippen LogP contribution >= 0.6 is 0 Å². The van der Waals surface area contributed by atoms with Crippen LogP contribution in [0.3, 0.4) is 0 Å². The van der Waals surface area contributed by atoms with Crippen molar-refractivity contribution in [3.05, 3.63) is 24.3 Å². The second kappa shape index (κ2) is 5.59. The van der Waals surface area contributed by atoms with Gasteiger partial charge in [-0.2, -0.15) is 4.31 Å². The molecule has 6 heteroatoms. The highest BCUT2D eigenvalue weighted by molar-refractivity contribution is 7.89. The van der Waals surface area contributed by atoms with Gasteiger partial charge >= 0.3 is 0 Å². The molecular weight excluding hydrogens is 288 g/mol. The SMILES string of the molecule is CCC1C2CNCC2CN1S(=O)(=O)c1ccc(OC)cc1. The van der Waals surface area contributed by atoms with Gasteiger partial charge in [0.25, 0.3) is 0 Å².